The van der Waals surface area contributed by atoms with Crippen LogP contribution in [0.15, 0.2) is 27.1 Å². The largest absolute Gasteiger partial charge is 0.496 e. The molecule has 2 rings (SSSR count). The summed E-state index contributed by atoms with van der Waals surface area (Å²) in [6.45, 7) is 4.79. The van der Waals surface area contributed by atoms with Crippen molar-refractivity contribution in [1.29, 1.82) is 0 Å². The molecular weight excluding hydrogens is 386 g/mol. The number of halogens is 2. The van der Waals surface area contributed by atoms with Gasteiger partial charge in [-0.15, -0.1) is 0 Å². The summed E-state index contributed by atoms with van der Waals surface area (Å²) in [5.74, 6) is 2.28. The number of nitrogens with zero attached hydrogens (tertiary/aromatic N) is 2. The molecule has 1 aromatic carbocycles. The van der Waals surface area contributed by atoms with Crippen molar-refractivity contribution in [2.24, 2.45) is 0 Å². The number of methoxy groups -OCH3 is 1. The molecule has 0 unspecified atom stereocenters. The van der Waals surface area contributed by atoms with Crippen molar-refractivity contribution in [1.82, 2.24) is 9.97 Å². The smallest absolute Gasteiger partial charge is 0.161 e. The minimum atomic E-state index is 0.685. The van der Waals surface area contributed by atoms with E-state index in [0.29, 0.717) is 5.82 Å². The van der Waals surface area contributed by atoms with Gasteiger partial charge >= 0.3 is 0 Å². The second-order valence-corrected chi connectivity index (χ2v) is 5.82. The third kappa shape index (κ3) is 3.12. The van der Waals surface area contributed by atoms with Crippen LogP contribution in [0.5, 0.6) is 5.75 Å². The van der Waals surface area contributed by atoms with Crippen molar-refractivity contribution in [3.8, 4) is 17.1 Å². The molecule has 106 valence electrons. The van der Waals surface area contributed by atoms with Gasteiger partial charge in [-0.05, 0) is 63.9 Å². The summed E-state index contributed by atoms with van der Waals surface area (Å²) in [7, 11) is 1.64. The highest BCUT2D eigenvalue weighted by Gasteiger charge is 2.11. The van der Waals surface area contributed by atoms with Crippen molar-refractivity contribution in [2.45, 2.75) is 13.8 Å². The molecule has 0 saturated heterocycles. The van der Waals surface area contributed by atoms with E-state index in [1.54, 1.807) is 7.11 Å². The molecule has 0 fully saturated rings. The summed E-state index contributed by atoms with van der Waals surface area (Å²) < 4.78 is 7.01. The quantitative estimate of drug-likeness (QED) is 0.825. The van der Waals surface area contributed by atoms with Crippen LogP contribution in [0.1, 0.15) is 12.6 Å². The van der Waals surface area contributed by atoms with Gasteiger partial charge in [0.15, 0.2) is 5.82 Å². The molecule has 1 N–H and O–H groups in total. The lowest BCUT2D eigenvalue weighted by molar-refractivity contribution is 0.412. The zero-order valence-electron chi connectivity index (χ0n) is 11.5. The lowest BCUT2D eigenvalue weighted by atomic mass is 10.2. The van der Waals surface area contributed by atoms with Gasteiger partial charge in [0.2, 0.25) is 0 Å². The Balaban J connectivity index is 2.49. The number of aryl methyl sites for hydroxylation is 1. The molecule has 0 radical (unpaired) electrons. The number of hydrogen-bond acceptors (Lipinski definition) is 4. The molecule has 0 aliphatic heterocycles. The highest BCUT2D eigenvalue weighted by molar-refractivity contribution is 9.11. The molecule has 1 heterocycles. The fraction of sp³-hybridized carbons (Fsp3) is 0.286. The standard InChI is InChI=1S/C14H15Br2N3O/c1-4-17-14-12(16)8(2)18-13(19-14)9-5-6-11(20-3)10(15)7-9/h5-7H,4H2,1-3H3,(H,17,18,19). The van der Waals surface area contributed by atoms with Crippen molar-refractivity contribution in [3.05, 3.63) is 32.8 Å². The predicted molar refractivity (Wildman–Crippen MR) is 88.3 cm³/mol. The minimum Gasteiger partial charge on any atom is -0.496 e. The Morgan fingerprint density at radius 2 is 2.00 bits per heavy atom. The van der Waals surface area contributed by atoms with E-state index < -0.39 is 0 Å². The summed E-state index contributed by atoms with van der Waals surface area (Å²) in [6.07, 6.45) is 0. The van der Waals surface area contributed by atoms with E-state index in [-0.39, 0.29) is 0 Å². The Hall–Kier alpha value is -1.14. The van der Waals surface area contributed by atoms with Crippen LogP contribution in [0, 0.1) is 6.92 Å². The van der Waals surface area contributed by atoms with E-state index >= 15 is 0 Å². The van der Waals surface area contributed by atoms with Gasteiger partial charge in [-0.3, -0.25) is 0 Å². The van der Waals surface area contributed by atoms with Crippen LogP contribution < -0.4 is 10.1 Å². The zero-order valence-corrected chi connectivity index (χ0v) is 14.7. The van der Waals surface area contributed by atoms with Crippen molar-refractivity contribution in [2.75, 3.05) is 19.0 Å². The van der Waals surface area contributed by atoms with Crippen molar-refractivity contribution >= 4 is 37.7 Å². The van der Waals surface area contributed by atoms with E-state index in [1.807, 2.05) is 32.0 Å². The van der Waals surface area contributed by atoms with Gasteiger partial charge in [-0.2, -0.15) is 0 Å². The minimum absolute atomic E-state index is 0.685. The maximum Gasteiger partial charge on any atom is 0.161 e. The molecule has 0 bridgehead atoms. The molecule has 0 amide bonds. The molecule has 2 aromatic rings. The third-order valence-electron chi connectivity index (χ3n) is 2.77. The number of benzene rings is 1. The van der Waals surface area contributed by atoms with Gasteiger partial charge in [0.1, 0.15) is 11.6 Å². The molecule has 0 saturated carbocycles. The molecular formula is C14H15Br2N3O. The zero-order chi connectivity index (χ0) is 14.7. The highest BCUT2D eigenvalue weighted by Crippen LogP contribution is 2.31. The molecule has 1 aromatic heterocycles. The average Bonchev–Trinajstić information content (AvgIpc) is 2.43. The molecule has 6 heteroatoms. The van der Waals surface area contributed by atoms with Crippen LogP contribution >= 0.6 is 31.9 Å². The SMILES string of the molecule is CCNc1nc(-c2ccc(OC)c(Br)c2)nc(C)c1Br. The van der Waals surface area contributed by atoms with Gasteiger partial charge < -0.3 is 10.1 Å². The number of hydrogen-bond donors (Lipinski definition) is 1. The number of rotatable bonds is 4. The fourth-order valence-corrected chi connectivity index (χ4v) is 2.64. The van der Waals surface area contributed by atoms with Crippen LogP contribution in [-0.2, 0) is 0 Å². The average molecular weight is 401 g/mol. The van der Waals surface area contributed by atoms with Crippen LogP contribution in [-0.4, -0.2) is 23.6 Å². The summed E-state index contributed by atoms with van der Waals surface area (Å²) in [5.41, 5.74) is 1.84. The van der Waals surface area contributed by atoms with E-state index in [4.69, 9.17) is 4.74 Å². The Morgan fingerprint density at radius 3 is 2.60 bits per heavy atom. The van der Waals surface area contributed by atoms with Crippen molar-refractivity contribution in [3.63, 3.8) is 0 Å². The maximum absolute atomic E-state index is 5.23. The summed E-state index contributed by atoms with van der Waals surface area (Å²) in [6, 6.07) is 5.80. The van der Waals surface area contributed by atoms with Crippen molar-refractivity contribution < 1.29 is 4.74 Å². The highest BCUT2D eigenvalue weighted by atomic mass is 79.9. The first-order chi connectivity index (χ1) is 9.56. The normalized spacial score (nSPS) is 10.4. The van der Waals surface area contributed by atoms with Crippen LogP contribution in [0.25, 0.3) is 11.4 Å². The van der Waals surface area contributed by atoms with Crippen LogP contribution in [0.2, 0.25) is 0 Å². The van der Waals surface area contributed by atoms with Gasteiger partial charge in [0.05, 0.1) is 21.7 Å². The molecule has 0 aliphatic rings. The number of nitrogens with one attached hydrogen (secondary N) is 1. The first-order valence-corrected chi connectivity index (χ1v) is 7.77. The van der Waals surface area contributed by atoms with Gasteiger partial charge in [-0.25, -0.2) is 9.97 Å². The third-order valence-corrected chi connectivity index (χ3v) is 4.34. The first kappa shape index (κ1) is 15.3. The molecule has 0 spiro atoms. The number of ether oxygens (including phenoxy) is 1. The second kappa shape index (κ2) is 6.54. The van der Waals surface area contributed by atoms with Crippen LogP contribution in [0.3, 0.4) is 0 Å². The Morgan fingerprint density at radius 1 is 1.25 bits per heavy atom. The van der Waals surface area contributed by atoms with Gasteiger partial charge in [0.25, 0.3) is 0 Å². The summed E-state index contributed by atoms with van der Waals surface area (Å²) in [5, 5.41) is 3.23. The molecule has 0 aliphatic carbocycles. The summed E-state index contributed by atoms with van der Waals surface area (Å²) >= 11 is 6.99. The number of anilines is 1. The maximum atomic E-state index is 5.23. The van der Waals surface area contributed by atoms with Gasteiger partial charge in [0, 0.05) is 12.1 Å². The first-order valence-electron chi connectivity index (χ1n) is 6.18. The summed E-state index contributed by atoms with van der Waals surface area (Å²) in [4.78, 5) is 9.08. The number of aromatic nitrogens is 2. The lowest BCUT2D eigenvalue weighted by Gasteiger charge is -2.11. The van der Waals surface area contributed by atoms with E-state index in [0.717, 1.165) is 38.3 Å². The molecule has 20 heavy (non-hydrogen) atoms. The predicted octanol–water partition coefficient (Wildman–Crippen LogP) is 4.42. The Bertz CT molecular complexity index is 632. The topological polar surface area (TPSA) is 47.0 Å². The monoisotopic (exact) mass is 399 g/mol. The molecule has 4 nitrogen and oxygen atoms in total. The second-order valence-electron chi connectivity index (χ2n) is 4.17. The Kier molecular flexibility index (Phi) is 4.99. The van der Waals surface area contributed by atoms with Gasteiger partial charge in [-0.1, -0.05) is 0 Å². The van der Waals surface area contributed by atoms with E-state index in [2.05, 4.69) is 47.1 Å². The van der Waals surface area contributed by atoms with Crippen LogP contribution in [0.4, 0.5) is 5.82 Å². The van der Waals surface area contributed by atoms with E-state index in [1.165, 1.54) is 0 Å². The fourth-order valence-electron chi connectivity index (χ4n) is 1.78. The Labute approximate surface area is 135 Å². The lowest BCUT2D eigenvalue weighted by Crippen LogP contribution is -2.04. The molecule has 0 atom stereocenters. The van der Waals surface area contributed by atoms with E-state index in [9.17, 15) is 0 Å².